The van der Waals surface area contributed by atoms with E-state index in [1.165, 1.54) is 12.8 Å². The number of nitrogens with zero attached hydrogens (tertiary/aromatic N) is 1. The van der Waals surface area contributed by atoms with Crippen LogP contribution in [-0.2, 0) is 11.3 Å². The zero-order valence-electron chi connectivity index (χ0n) is 10.5. The van der Waals surface area contributed by atoms with E-state index in [1.807, 2.05) is 36.9 Å². The maximum atomic E-state index is 11.6. The molecule has 17 heavy (non-hydrogen) atoms. The lowest BCUT2D eigenvalue weighted by atomic mass is 10.1. The van der Waals surface area contributed by atoms with E-state index in [2.05, 4.69) is 5.32 Å². The van der Waals surface area contributed by atoms with E-state index < -0.39 is 0 Å². The molecule has 4 nitrogen and oxygen atoms in total. The molecule has 0 aromatic carbocycles. The molecule has 0 radical (unpaired) electrons. The molecule has 0 spiro atoms. The molecule has 1 aliphatic rings. The maximum Gasteiger partial charge on any atom is 0.240 e. The first-order valence-electron chi connectivity index (χ1n) is 6.27. The van der Waals surface area contributed by atoms with Gasteiger partial charge in [-0.1, -0.05) is 0 Å². The summed E-state index contributed by atoms with van der Waals surface area (Å²) in [5.74, 6) is 0.692. The van der Waals surface area contributed by atoms with Crippen LogP contribution in [-0.4, -0.2) is 16.5 Å². The average Bonchev–Trinajstić information content (AvgIpc) is 2.98. The van der Waals surface area contributed by atoms with Gasteiger partial charge in [0.1, 0.15) is 6.54 Å². The molecule has 0 saturated heterocycles. The first-order chi connectivity index (χ1) is 8.06. The molecule has 0 aliphatic heterocycles. The van der Waals surface area contributed by atoms with Crippen LogP contribution in [0, 0.1) is 5.92 Å². The SMILES string of the molecule is CC(C)NC(=O)Cn1ccc(C(N)C2CC2)c1. The zero-order valence-corrected chi connectivity index (χ0v) is 10.5. The quantitative estimate of drug-likeness (QED) is 0.811. The van der Waals surface area contributed by atoms with Crippen molar-refractivity contribution in [1.82, 2.24) is 9.88 Å². The lowest BCUT2D eigenvalue weighted by molar-refractivity contribution is -0.122. The number of carbonyl (C=O) groups excluding carboxylic acids is 1. The highest BCUT2D eigenvalue weighted by Gasteiger charge is 2.29. The molecule has 2 rings (SSSR count). The summed E-state index contributed by atoms with van der Waals surface area (Å²) in [5.41, 5.74) is 7.25. The molecule has 3 N–H and O–H groups in total. The molecule has 1 heterocycles. The van der Waals surface area contributed by atoms with Gasteiger partial charge in [0.05, 0.1) is 0 Å². The molecule has 1 saturated carbocycles. The Kier molecular flexibility index (Phi) is 3.52. The molecule has 1 fully saturated rings. The third-order valence-electron chi connectivity index (χ3n) is 3.06. The Morgan fingerprint density at radius 1 is 1.59 bits per heavy atom. The Morgan fingerprint density at radius 2 is 2.29 bits per heavy atom. The van der Waals surface area contributed by atoms with Crippen molar-refractivity contribution in [1.29, 1.82) is 0 Å². The number of rotatable bonds is 5. The van der Waals surface area contributed by atoms with Crippen LogP contribution < -0.4 is 11.1 Å². The van der Waals surface area contributed by atoms with Gasteiger partial charge in [-0.3, -0.25) is 4.79 Å². The van der Waals surface area contributed by atoms with Gasteiger partial charge in [0.2, 0.25) is 5.91 Å². The van der Waals surface area contributed by atoms with Crippen molar-refractivity contribution in [3.05, 3.63) is 24.0 Å². The number of amides is 1. The third-order valence-corrected chi connectivity index (χ3v) is 3.06. The Hall–Kier alpha value is -1.29. The standard InChI is InChI=1S/C13H21N3O/c1-9(2)15-12(17)8-16-6-5-11(7-16)13(14)10-3-4-10/h5-7,9-10,13H,3-4,8,14H2,1-2H3,(H,15,17). The number of hydrogen-bond donors (Lipinski definition) is 2. The first kappa shape index (κ1) is 12.2. The second-order valence-corrected chi connectivity index (χ2v) is 5.20. The number of carbonyl (C=O) groups is 1. The van der Waals surface area contributed by atoms with Gasteiger partial charge in [0.15, 0.2) is 0 Å². The third kappa shape index (κ3) is 3.33. The van der Waals surface area contributed by atoms with Crippen molar-refractivity contribution >= 4 is 5.91 Å². The van der Waals surface area contributed by atoms with E-state index in [1.54, 1.807) is 0 Å². The van der Waals surface area contributed by atoms with Crippen molar-refractivity contribution in [2.75, 3.05) is 0 Å². The highest BCUT2D eigenvalue weighted by molar-refractivity contribution is 5.76. The summed E-state index contributed by atoms with van der Waals surface area (Å²) in [6.07, 6.45) is 6.39. The first-order valence-corrected chi connectivity index (χ1v) is 6.27. The monoisotopic (exact) mass is 235 g/mol. The van der Waals surface area contributed by atoms with Crippen molar-refractivity contribution in [2.45, 2.75) is 45.3 Å². The van der Waals surface area contributed by atoms with E-state index in [0.717, 1.165) is 5.56 Å². The van der Waals surface area contributed by atoms with E-state index in [9.17, 15) is 4.79 Å². The second kappa shape index (κ2) is 4.92. The number of nitrogens with two attached hydrogens (primary N) is 1. The van der Waals surface area contributed by atoms with Crippen molar-refractivity contribution in [3.8, 4) is 0 Å². The fraction of sp³-hybridized carbons (Fsp3) is 0.615. The normalized spacial score (nSPS) is 17.2. The number of aromatic nitrogens is 1. The molecular formula is C13H21N3O. The average molecular weight is 235 g/mol. The number of hydrogen-bond acceptors (Lipinski definition) is 2. The lowest BCUT2D eigenvalue weighted by Gasteiger charge is -2.09. The van der Waals surface area contributed by atoms with E-state index in [4.69, 9.17) is 5.73 Å². The Morgan fingerprint density at radius 3 is 2.88 bits per heavy atom. The fourth-order valence-corrected chi connectivity index (χ4v) is 2.02. The molecule has 0 bridgehead atoms. The van der Waals surface area contributed by atoms with Gasteiger partial charge in [-0.05, 0) is 44.2 Å². The Bertz CT molecular complexity index is 393. The van der Waals surface area contributed by atoms with Gasteiger partial charge in [0.25, 0.3) is 0 Å². The molecule has 1 aromatic heterocycles. The van der Waals surface area contributed by atoms with Gasteiger partial charge in [-0.25, -0.2) is 0 Å². The van der Waals surface area contributed by atoms with Crippen LogP contribution in [0.25, 0.3) is 0 Å². The molecule has 1 unspecified atom stereocenters. The van der Waals surface area contributed by atoms with E-state index in [-0.39, 0.29) is 18.0 Å². The van der Waals surface area contributed by atoms with Crippen molar-refractivity contribution in [3.63, 3.8) is 0 Å². The highest BCUT2D eigenvalue weighted by atomic mass is 16.2. The Labute approximate surface area is 102 Å². The van der Waals surface area contributed by atoms with Crippen LogP contribution in [0.5, 0.6) is 0 Å². The maximum absolute atomic E-state index is 11.6. The lowest BCUT2D eigenvalue weighted by Crippen LogP contribution is -2.32. The predicted molar refractivity (Wildman–Crippen MR) is 67.4 cm³/mol. The molecule has 1 aromatic rings. The highest BCUT2D eigenvalue weighted by Crippen LogP contribution is 2.39. The fourth-order valence-electron chi connectivity index (χ4n) is 2.02. The second-order valence-electron chi connectivity index (χ2n) is 5.20. The van der Waals surface area contributed by atoms with E-state index in [0.29, 0.717) is 12.5 Å². The molecule has 1 atom stereocenters. The van der Waals surface area contributed by atoms with Crippen LogP contribution in [0.2, 0.25) is 0 Å². The van der Waals surface area contributed by atoms with Gasteiger partial charge < -0.3 is 15.6 Å². The minimum absolute atomic E-state index is 0.0437. The summed E-state index contributed by atoms with van der Waals surface area (Å²) < 4.78 is 1.90. The molecule has 1 amide bonds. The van der Waals surface area contributed by atoms with E-state index >= 15 is 0 Å². The smallest absolute Gasteiger partial charge is 0.240 e. The minimum Gasteiger partial charge on any atom is -0.352 e. The summed E-state index contributed by atoms with van der Waals surface area (Å²) in [7, 11) is 0. The zero-order chi connectivity index (χ0) is 12.4. The minimum atomic E-state index is 0.0437. The summed E-state index contributed by atoms with van der Waals surface area (Å²) in [6.45, 7) is 4.29. The topological polar surface area (TPSA) is 60.0 Å². The molecule has 4 heteroatoms. The van der Waals surface area contributed by atoms with Gasteiger partial charge in [0, 0.05) is 24.5 Å². The van der Waals surface area contributed by atoms with Crippen LogP contribution >= 0.6 is 0 Å². The molecular weight excluding hydrogens is 214 g/mol. The predicted octanol–water partition coefficient (Wildman–Crippen LogP) is 1.42. The van der Waals surface area contributed by atoms with Crippen LogP contribution in [0.1, 0.15) is 38.3 Å². The van der Waals surface area contributed by atoms with Crippen molar-refractivity contribution < 1.29 is 4.79 Å². The Balaban J connectivity index is 1.91. The summed E-state index contributed by atoms with van der Waals surface area (Å²) >= 11 is 0. The van der Waals surface area contributed by atoms with Crippen LogP contribution in [0.15, 0.2) is 18.5 Å². The summed E-state index contributed by atoms with van der Waals surface area (Å²) in [5, 5.41) is 2.87. The van der Waals surface area contributed by atoms with Gasteiger partial charge in [-0.2, -0.15) is 0 Å². The van der Waals surface area contributed by atoms with Crippen molar-refractivity contribution in [2.24, 2.45) is 11.7 Å². The van der Waals surface area contributed by atoms with Gasteiger partial charge >= 0.3 is 0 Å². The van der Waals surface area contributed by atoms with Crippen LogP contribution in [0.4, 0.5) is 0 Å². The number of nitrogens with one attached hydrogen (secondary N) is 1. The molecule has 94 valence electrons. The summed E-state index contributed by atoms with van der Waals surface area (Å²) in [4.78, 5) is 11.6. The van der Waals surface area contributed by atoms with Crippen LogP contribution in [0.3, 0.4) is 0 Å². The van der Waals surface area contributed by atoms with Gasteiger partial charge in [-0.15, -0.1) is 0 Å². The molecule has 1 aliphatic carbocycles. The summed E-state index contributed by atoms with van der Waals surface area (Å²) in [6, 6.07) is 2.35. The largest absolute Gasteiger partial charge is 0.352 e.